The Labute approximate surface area is 163 Å². The van der Waals surface area contributed by atoms with Gasteiger partial charge in [0.05, 0.1) is 5.69 Å². The van der Waals surface area contributed by atoms with E-state index in [-0.39, 0.29) is 5.69 Å². The number of hydrogen-bond donors (Lipinski definition) is 0. The quantitative estimate of drug-likeness (QED) is 0.439. The van der Waals surface area contributed by atoms with Crippen LogP contribution in [0.2, 0.25) is 0 Å². The maximum absolute atomic E-state index is 8.75. The predicted octanol–water partition coefficient (Wildman–Crippen LogP) is 6.29. The van der Waals surface area contributed by atoms with Crippen molar-refractivity contribution in [1.29, 1.82) is 0 Å². The molecule has 3 heteroatoms. The molecule has 0 aliphatic rings. The molecule has 0 aliphatic carbocycles. The molecule has 1 atom stereocenters. The van der Waals surface area contributed by atoms with Crippen molar-refractivity contribution in [2.24, 2.45) is 0 Å². The Hall–Kier alpha value is -2.68. The second-order valence-corrected chi connectivity index (χ2v) is 5.76. The summed E-state index contributed by atoms with van der Waals surface area (Å²) in [5, 5.41) is 1.40. The van der Waals surface area contributed by atoms with Gasteiger partial charge < -0.3 is 4.42 Å². The van der Waals surface area contributed by atoms with E-state index in [0.717, 1.165) is 19.2 Å². The Kier molecular flexibility index (Phi) is 1.84. The fraction of sp³-hybridized carbons (Fsp3) is 0.273. The van der Waals surface area contributed by atoms with Gasteiger partial charge >= 0.3 is 0 Å². The third kappa shape index (κ3) is 2.60. The fourth-order valence-corrected chi connectivity index (χ4v) is 2.94. The van der Waals surface area contributed by atoms with Gasteiger partial charge in [-0.2, -0.15) is 0 Å². The Morgan fingerprint density at radius 3 is 2.68 bits per heavy atom. The van der Waals surface area contributed by atoms with E-state index < -0.39 is 43.5 Å². The summed E-state index contributed by atoms with van der Waals surface area (Å²) in [6, 6.07) is 9.73. The lowest BCUT2D eigenvalue weighted by Gasteiger charge is -2.16. The summed E-state index contributed by atoms with van der Waals surface area (Å²) in [6.07, 6.45) is 2.53. The van der Waals surface area contributed by atoms with E-state index in [1.165, 1.54) is 0 Å². The Morgan fingerprint density at radius 1 is 1.00 bits per heavy atom. The first-order valence-corrected chi connectivity index (χ1v) is 7.69. The average molecular weight is 341 g/mol. The largest absolute Gasteiger partial charge is 0.437 e. The van der Waals surface area contributed by atoms with Crippen LogP contribution in [0, 0.1) is 0 Å². The monoisotopic (exact) mass is 341 g/mol. The van der Waals surface area contributed by atoms with Gasteiger partial charge in [-0.15, -0.1) is 0 Å². The van der Waals surface area contributed by atoms with Crippen LogP contribution in [0.3, 0.4) is 0 Å². The second kappa shape index (κ2) is 5.99. The van der Waals surface area contributed by atoms with Crippen molar-refractivity contribution in [3.63, 3.8) is 0 Å². The van der Waals surface area contributed by atoms with Crippen LogP contribution < -0.4 is 0 Å². The molecule has 4 rings (SSSR count). The minimum Gasteiger partial charge on any atom is -0.437 e. The number of para-hydroxylation sites is 1. The maximum atomic E-state index is 8.75. The molecule has 0 spiro atoms. The molecule has 126 valence electrons. The van der Waals surface area contributed by atoms with Crippen LogP contribution >= 0.6 is 0 Å². The van der Waals surface area contributed by atoms with Crippen molar-refractivity contribution in [1.82, 2.24) is 9.97 Å². The van der Waals surface area contributed by atoms with E-state index in [2.05, 4.69) is 9.97 Å². The average Bonchev–Trinajstić information content (AvgIpc) is 3.14. The Bertz CT molecular complexity index is 1430. The summed E-state index contributed by atoms with van der Waals surface area (Å²) in [6.45, 7) is -8.75. The van der Waals surface area contributed by atoms with Crippen molar-refractivity contribution in [3.05, 3.63) is 59.9 Å². The van der Waals surface area contributed by atoms with Crippen LogP contribution in [-0.2, 0) is 0 Å². The van der Waals surface area contributed by atoms with Gasteiger partial charge in [-0.1, -0.05) is 39.6 Å². The van der Waals surface area contributed by atoms with Crippen LogP contribution in [0.4, 0.5) is 0 Å². The Balaban J connectivity index is 2.10. The summed E-state index contributed by atoms with van der Waals surface area (Å²) < 4.78 is 94.4. The standard InChI is InChI=1S/C22H22N2O/c1-13(2)18-11-20(24-12-19(18)14(3)4)17-8-5-7-15-16-9-6-10-23-22(16)25-21(15)17/h5-14H,1-4H3/i1D3,2D3,3D3,13D,14D. The third-order valence-electron chi connectivity index (χ3n) is 4.13. The molecule has 1 unspecified atom stereocenters. The van der Waals surface area contributed by atoms with Gasteiger partial charge in [0.15, 0.2) is 0 Å². The van der Waals surface area contributed by atoms with Crippen LogP contribution in [0.25, 0.3) is 33.3 Å². The lowest BCUT2D eigenvalue weighted by molar-refractivity contribution is 0.655. The van der Waals surface area contributed by atoms with E-state index in [0.29, 0.717) is 27.6 Å². The highest BCUT2D eigenvalue weighted by molar-refractivity contribution is 6.08. The van der Waals surface area contributed by atoms with E-state index in [9.17, 15) is 0 Å². The molecule has 3 aromatic heterocycles. The molecule has 0 bridgehead atoms. The molecular formula is C22H22N2O. The molecule has 0 radical (unpaired) electrons. The first-order valence-electron chi connectivity index (χ1n) is 13.2. The molecule has 3 nitrogen and oxygen atoms in total. The summed E-state index contributed by atoms with van der Waals surface area (Å²) in [7, 11) is 0. The number of rotatable bonds is 3. The number of nitrogens with zero attached hydrogens (tertiary/aromatic N) is 2. The lowest BCUT2D eigenvalue weighted by Crippen LogP contribution is -2.01. The summed E-state index contributed by atoms with van der Waals surface area (Å²) >= 11 is 0. The molecule has 4 aromatic rings. The van der Waals surface area contributed by atoms with Crippen molar-refractivity contribution in [2.45, 2.75) is 39.3 Å². The molecule has 3 heterocycles. The van der Waals surface area contributed by atoms with Crippen LogP contribution in [-0.4, -0.2) is 9.97 Å². The molecule has 1 aromatic carbocycles. The first-order chi connectivity index (χ1) is 16.4. The summed E-state index contributed by atoms with van der Waals surface area (Å²) in [5.41, 5.74) is -0.000518. The number of aromatic nitrogens is 2. The zero-order chi connectivity index (χ0) is 26.9. The molecule has 25 heavy (non-hydrogen) atoms. The maximum Gasteiger partial charge on any atom is 0.227 e. The second-order valence-electron chi connectivity index (χ2n) is 5.76. The molecule has 0 saturated carbocycles. The van der Waals surface area contributed by atoms with E-state index >= 15 is 0 Å². The topological polar surface area (TPSA) is 38.9 Å². The SMILES string of the molecule is [2H]C([2H])([2H])C([2H])(C)c1cnc(-c2cccc3c2oc2ncccc23)cc1C([2H])(C([2H])([2H])[2H])C([2H])([2H])[2H]. The van der Waals surface area contributed by atoms with Gasteiger partial charge in [-0.3, -0.25) is 4.98 Å². The minimum absolute atomic E-state index is 0.0601. The minimum atomic E-state index is -3.40. The van der Waals surface area contributed by atoms with Crippen molar-refractivity contribution < 1.29 is 19.5 Å². The number of fused-ring (bicyclic) bond motifs is 3. The van der Waals surface area contributed by atoms with Gasteiger partial charge in [0.2, 0.25) is 5.71 Å². The van der Waals surface area contributed by atoms with Gasteiger partial charge in [0, 0.05) is 43.8 Å². The van der Waals surface area contributed by atoms with Gasteiger partial charge in [0.1, 0.15) is 5.58 Å². The van der Waals surface area contributed by atoms with E-state index in [1.54, 1.807) is 36.5 Å². The number of hydrogen-bond acceptors (Lipinski definition) is 3. The molecule has 0 N–H and O–H groups in total. The highest BCUT2D eigenvalue weighted by Crippen LogP contribution is 2.36. The van der Waals surface area contributed by atoms with Crippen LogP contribution in [0.5, 0.6) is 0 Å². The van der Waals surface area contributed by atoms with Crippen molar-refractivity contribution in [2.75, 3.05) is 0 Å². The Morgan fingerprint density at radius 2 is 1.84 bits per heavy atom. The van der Waals surface area contributed by atoms with Crippen molar-refractivity contribution in [3.8, 4) is 11.3 Å². The number of furan rings is 1. The van der Waals surface area contributed by atoms with Gasteiger partial charge in [-0.05, 0) is 47.2 Å². The summed E-state index contributed by atoms with van der Waals surface area (Å²) in [4.78, 5) is 8.48. The first kappa shape index (κ1) is 7.69. The molecule has 0 aliphatic heterocycles. The van der Waals surface area contributed by atoms with Crippen LogP contribution in [0.1, 0.15) is 65.5 Å². The predicted molar refractivity (Wildman–Crippen MR) is 103 cm³/mol. The molecule has 0 saturated heterocycles. The normalized spacial score (nSPS) is 22.7. The molecule has 0 amide bonds. The highest BCUT2D eigenvalue weighted by atomic mass is 16.3. The summed E-state index contributed by atoms with van der Waals surface area (Å²) in [5.74, 6) is -5.70. The molecular weight excluding hydrogens is 308 g/mol. The lowest BCUT2D eigenvalue weighted by atomic mass is 9.91. The number of pyridine rings is 2. The third-order valence-corrected chi connectivity index (χ3v) is 4.13. The van der Waals surface area contributed by atoms with E-state index in [4.69, 9.17) is 19.5 Å². The highest BCUT2D eigenvalue weighted by Gasteiger charge is 2.16. The zero-order valence-electron chi connectivity index (χ0n) is 24.4. The zero-order valence-corrected chi connectivity index (χ0v) is 13.4. The van der Waals surface area contributed by atoms with Gasteiger partial charge in [0.25, 0.3) is 0 Å². The number of benzene rings is 1. The van der Waals surface area contributed by atoms with Crippen LogP contribution in [0.15, 0.2) is 53.2 Å². The van der Waals surface area contributed by atoms with E-state index in [1.807, 2.05) is 0 Å². The smallest absolute Gasteiger partial charge is 0.227 e. The van der Waals surface area contributed by atoms with Crippen molar-refractivity contribution >= 4 is 22.1 Å². The molecule has 0 fully saturated rings. The van der Waals surface area contributed by atoms with Gasteiger partial charge in [-0.25, -0.2) is 4.98 Å². The fourth-order valence-electron chi connectivity index (χ4n) is 2.94.